The van der Waals surface area contributed by atoms with E-state index in [1.54, 1.807) is 14.2 Å². The van der Waals surface area contributed by atoms with Gasteiger partial charge in [-0.3, -0.25) is 4.79 Å². The average Bonchev–Trinajstić information content (AvgIpc) is 3.25. The minimum absolute atomic E-state index is 0.00294. The molecule has 3 aromatic rings. The van der Waals surface area contributed by atoms with Crippen molar-refractivity contribution in [3.05, 3.63) is 78.2 Å². The Morgan fingerprint density at radius 3 is 2.25 bits per heavy atom. The maximum atomic E-state index is 13.4. The molecular weight excluding hydrogens is 452 g/mol. The Morgan fingerprint density at radius 2 is 1.67 bits per heavy atom. The summed E-state index contributed by atoms with van der Waals surface area (Å²) < 4.78 is 12.7. The van der Waals surface area contributed by atoms with Crippen LogP contribution in [-0.4, -0.2) is 60.4 Å². The van der Waals surface area contributed by atoms with E-state index in [4.69, 9.17) is 20.2 Å². The number of amides is 1. The number of hydrogen-bond acceptors (Lipinski definition) is 5. The molecule has 2 N–H and O–H groups in total. The van der Waals surface area contributed by atoms with Crippen molar-refractivity contribution >= 4 is 5.91 Å². The van der Waals surface area contributed by atoms with Crippen LogP contribution in [0.2, 0.25) is 0 Å². The summed E-state index contributed by atoms with van der Waals surface area (Å²) in [5.74, 6) is 0.757. The van der Waals surface area contributed by atoms with Crippen LogP contribution < -0.4 is 5.73 Å². The summed E-state index contributed by atoms with van der Waals surface area (Å²) in [4.78, 5) is 20.4. The molecule has 1 heterocycles. The highest BCUT2D eigenvalue weighted by Gasteiger charge is 2.38. The maximum absolute atomic E-state index is 13.4. The van der Waals surface area contributed by atoms with E-state index in [9.17, 15) is 4.79 Å². The number of nitrogens with two attached hydrogens (primary N) is 1. The standard InChI is InChI=1S/C29H40N4O3/c1-29(2,3)27(33(26(34)21-36-5)17-16-24(30)20-35-4)28-31-25(23-14-10-7-11-15-23)19-32(28)18-22-12-8-6-9-13-22/h6-15,19,24,27H,16-18,20-21,30H2,1-5H3. The lowest BCUT2D eigenvalue weighted by Crippen LogP contribution is -2.46. The largest absolute Gasteiger partial charge is 0.383 e. The fourth-order valence-electron chi connectivity index (χ4n) is 4.50. The number of carbonyl (C=O) groups excluding carboxylic acids is 1. The normalized spacial score (nSPS) is 13.4. The van der Waals surface area contributed by atoms with E-state index in [-0.39, 0.29) is 30.0 Å². The Morgan fingerprint density at radius 1 is 1.03 bits per heavy atom. The summed E-state index contributed by atoms with van der Waals surface area (Å²) in [5.41, 5.74) is 9.03. The van der Waals surface area contributed by atoms with Crippen LogP contribution in [0.25, 0.3) is 11.3 Å². The lowest BCUT2D eigenvalue weighted by atomic mass is 9.84. The molecule has 2 unspecified atom stereocenters. The number of rotatable bonds is 12. The van der Waals surface area contributed by atoms with Crippen molar-refractivity contribution in [1.29, 1.82) is 0 Å². The SMILES string of the molecule is COCC(=O)N(CCC(N)COC)C(c1nc(-c2ccccc2)cn1Cc1ccccc1)C(C)(C)C. The highest BCUT2D eigenvalue weighted by Crippen LogP contribution is 2.39. The van der Waals surface area contributed by atoms with Crippen molar-refractivity contribution in [3.8, 4) is 11.3 Å². The molecule has 7 nitrogen and oxygen atoms in total. The number of benzene rings is 2. The van der Waals surface area contributed by atoms with Gasteiger partial charge >= 0.3 is 0 Å². The van der Waals surface area contributed by atoms with E-state index in [2.05, 4.69) is 55.8 Å². The van der Waals surface area contributed by atoms with E-state index < -0.39 is 0 Å². The monoisotopic (exact) mass is 492 g/mol. The Hall–Kier alpha value is -3.00. The Labute approximate surface area is 215 Å². The van der Waals surface area contributed by atoms with Gasteiger partial charge in [-0.25, -0.2) is 4.98 Å². The molecule has 0 radical (unpaired) electrons. The third-order valence-electron chi connectivity index (χ3n) is 6.16. The molecule has 0 aliphatic heterocycles. The van der Waals surface area contributed by atoms with Gasteiger partial charge in [0.1, 0.15) is 12.4 Å². The van der Waals surface area contributed by atoms with Gasteiger partial charge in [-0.05, 0) is 17.4 Å². The van der Waals surface area contributed by atoms with E-state index in [0.717, 1.165) is 17.1 Å². The van der Waals surface area contributed by atoms with Crippen LogP contribution in [0.5, 0.6) is 0 Å². The van der Waals surface area contributed by atoms with Crippen LogP contribution in [0, 0.1) is 5.41 Å². The molecule has 0 fully saturated rings. The van der Waals surface area contributed by atoms with Gasteiger partial charge in [0.25, 0.3) is 0 Å². The molecule has 2 atom stereocenters. The predicted octanol–water partition coefficient (Wildman–Crippen LogP) is 4.52. The first-order valence-corrected chi connectivity index (χ1v) is 12.4. The van der Waals surface area contributed by atoms with Gasteiger partial charge in [0, 0.05) is 45.1 Å². The van der Waals surface area contributed by atoms with Gasteiger partial charge in [-0.2, -0.15) is 0 Å². The fourth-order valence-corrected chi connectivity index (χ4v) is 4.50. The van der Waals surface area contributed by atoms with Crippen molar-refractivity contribution < 1.29 is 14.3 Å². The zero-order chi connectivity index (χ0) is 26.1. The van der Waals surface area contributed by atoms with Crippen LogP contribution in [0.15, 0.2) is 66.9 Å². The molecule has 2 aromatic carbocycles. The topological polar surface area (TPSA) is 82.6 Å². The molecule has 0 bridgehead atoms. The van der Waals surface area contributed by atoms with Crippen LogP contribution in [-0.2, 0) is 20.8 Å². The Bertz CT molecular complexity index is 1080. The fraction of sp³-hybridized carbons (Fsp3) is 0.448. The molecule has 0 saturated heterocycles. The number of imidazole rings is 1. The highest BCUT2D eigenvalue weighted by atomic mass is 16.5. The zero-order valence-electron chi connectivity index (χ0n) is 22.2. The number of carbonyl (C=O) groups is 1. The molecule has 0 aliphatic carbocycles. The minimum Gasteiger partial charge on any atom is -0.383 e. The maximum Gasteiger partial charge on any atom is 0.249 e. The molecule has 7 heteroatoms. The molecule has 0 aliphatic rings. The van der Waals surface area contributed by atoms with Crippen LogP contribution in [0.3, 0.4) is 0 Å². The first kappa shape index (κ1) is 27.6. The summed E-state index contributed by atoms with van der Waals surface area (Å²) in [6, 6.07) is 20.0. The molecule has 1 aromatic heterocycles. The summed E-state index contributed by atoms with van der Waals surface area (Å²) >= 11 is 0. The summed E-state index contributed by atoms with van der Waals surface area (Å²) in [6.07, 6.45) is 2.70. The third kappa shape index (κ3) is 7.26. The highest BCUT2D eigenvalue weighted by molar-refractivity contribution is 5.78. The van der Waals surface area contributed by atoms with E-state index in [0.29, 0.717) is 26.1 Å². The van der Waals surface area contributed by atoms with Gasteiger partial charge in [0.05, 0.1) is 18.3 Å². The van der Waals surface area contributed by atoms with Gasteiger partial charge in [-0.1, -0.05) is 81.4 Å². The number of ether oxygens (including phenoxy) is 2. The van der Waals surface area contributed by atoms with E-state index in [1.165, 1.54) is 5.56 Å². The number of methoxy groups -OCH3 is 2. The van der Waals surface area contributed by atoms with Crippen molar-refractivity contribution in [2.75, 3.05) is 34.0 Å². The lowest BCUT2D eigenvalue weighted by Gasteiger charge is -2.40. The van der Waals surface area contributed by atoms with E-state index in [1.807, 2.05) is 41.3 Å². The second-order valence-electron chi connectivity index (χ2n) is 10.3. The molecule has 36 heavy (non-hydrogen) atoms. The Kier molecular flexibility index (Phi) is 9.81. The minimum atomic E-state index is -0.303. The Balaban J connectivity index is 2.10. The van der Waals surface area contributed by atoms with E-state index >= 15 is 0 Å². The molecule has 3 rings (SSSR count). The van der Waals surface area contributed by atoms with Crippen molar-refractivity contribution in [3.63, 3.8) is 0 Å². The van der Waals surface area contributed by atoms with Crippen molar-refractivity contribution in [1.82, 2.24) is 14.5 Å². The first-order chi connectivity index (χ1) is 17.2. The summed E-state index contributed by atoms with van der Waals surface area (Å²) in [6.45, 7) is 7.99. The summed E-state index contributed by atoms with van der Waals surface area (Å²) in [7, 11) is 3.18. The number of nitrogens with zero attached hydrogens (tertiary/aromatic N) is 3. The third-order valence-corrected chi connectivity index (χ3v) is 6.16. The number of aromatic nitrogens is 2. The van der Waals surface area contributed by atoms with Gasteiger partial charge < -0.3 is 24.7 Å². The first-order valence-electron chi connectivity index (χ1n) is 12.4. The molecule has 0 saturated carbocycles. The lowest BCUT2D eigenvalue weighted by molar-refractivity contribution is -0.140. The van der Waals surface area contributed by atoms with Crippen LogP contribution in [0.4, 0.5) is 0 Å². The second kappa shape index (κ2) is 12.8. The van der Waals surface area contributed by atoms with Crippen molar-refractivity contribution in [2.24, 2.45) is 11.1 Å². The summed E-state index contributed by atoms with van der Waals surface area (Å²) in [5, 5.41) is 0. The van der Waals surface area contributed by atoms with Crippen molar-refractivity contribution in [2.45, 2.75) is 45.8 Å². The molecular formula is C29H40N4O3. The van der Waals surface area contributed by atoms with Crippen LogP contribution in [0.1, 0.15) is 44.6 Å². The zero-order valence-corrected chi connectivity index (χ0v) is 22.2. The average molecular weight is 493 g/mol. The predicted molar refractivity (Wildman–Crippen MR) is 143 cm³/mol. The second-order valence-corrected chi connectivity index (χ2v) is 10.3. The molecule has 0 spiro atoms. The van der Waals surface area contributed by atoms with Gasteiger partial charge in [0.15, 0.2) is 0 Å². The molecule has 194 valence electrons. The van der Waals surface area contributed by atoms with Gasteiger partial charge in [0.2, 0.25) is 5.91 Å². The number of hydrogen-bond donors (Lipinski definition) is 1. The smallest absolute Gasteiger partial charge is 0.249 e. The molecule has 1 amide bonds. The van der Waals surface area contributed by atoms with Gasteiger partial charge in [-0.15, -0.1) is 0 Å². The quantitative estimate of drug-likeness (QED) is 0.402. The van der Waals surface area contributed by atoms with Crippen LogP contribution >= 0.6 is 0 Å².